The molecule has 0 aliphatic heterocycles. The van der Waals surface area contributed by atoms with Gasteiger partial charge in [0, 0.05) is 5.02 Å². The summed E-state index contributed by atoms with van der Waals surface area (Å²) in [6, 6.07) is 3.09. The van der Waals surface area contributed by atoms with E-state index >= 15 is 0 Å². The molecule has 1 aromatic carbocycles. The molecular weight excluding hydrogens is 303 g/mol. The van der Waals surface area contributed by atoms with E-state index in [1.165, 1.54) is 17.5 Å². The number of nitrogen functional groups attached to an aromatic ring is 1. The normalized spacial score (nSPS) is 11.2. The Kier molecular flexibility index (Phi) is 3.83. The molecule has 0 saturated heterocycles. The van der Waals surface area contributed by atoms with Gasteiger partial charge in [-0.15, -0.1) is 10.2 Å². The van der Waals surface area contributed by atoms with Crippen LogP contribution in [-0.4, -0.2) is 4.98 Å². The highest BCUT2D eigenvalue weighted by molar-refractivity contribution is 7.18. The number of hydrogen-bond donors (Lipinski definition) is 1. The van der Waals surface area contributed by atoms with E-state index in [1.54, 1.807) is 12.1 Å². The van der Waals surface area contributed by atoms with Crippen molar-refractivity contribution in [1.29, 1.82) is 0 Å². The predicted octanol–water partition coefficient (Wildman–Crippen LogP) is 5.10. The van der Waals surface area contributed by atoms with E-state index in [1.807, 2.05) is 0 Å². The summed E-state index contributed by atoms with van der Waals surface area (Å²) < 4.78 is 0. The van der Waals surface area contributed by atoms with Gasteiger partial charge in [0.25, 0.3) is 0 Å². The molecule has 88 valence electrons. The van der Waals surface area contributed by atoms with Crippen LogP contribution in [-0.2, 0) is 0 Å². The van der Waals surface area contributed by atoms with Crippen LogP contribution in [0.2, 0.25) is 15.1 Å². The van der Waals surface area contributed by atoms with E-state index in [-0.39, 0.29) is 0 Å². The number of halogens is 3. The summed E-state index contributed by atoms with van der Waals surface area (Å²) in [6.07, 6.45) is 1.52. The predicted molar refractivity (Wildman–Crippen MR) is 72.2 cm³/mol. The fourth-order valence-corrected chi connectivity index (χ4v) is 2.45. The number of anilines is 1. The molecule has 8 heteroatoms. The van der Waals surface area contributed by atoms with Crippen LogP contribution in [0.15, 0.2) is 28.6 Å². The Hall–Kier alpha value is -0.880. The van der Waals surface area contributed by atoms with Gasteiger partial charge in [0.05, 0.1) is 16.2 Å². The maximum Gasteiger partial charge on any atom is 0.182 e. The second-order valence-electron chi connectivity index (χ2n) is 2.95. The number of aromatic nitrogens is 1. The first-order valence-electron chi connectivity index (χ1n) is 4.34. The molecule has 0 bridgehead atoms. The molecule has 0 unspecified atom stereocenters. The van der Waals surface area contributed by atoms with Crippen molar-refractivity contribution in [3.05, 3.63) is 33.4 Å². The lowest BCUT2D eigenvalue weighted by Gasteiger charge is -2.00. The lowest BCUT2D eigenvalue weighted by Crippen LogP contribution is -1.77. The Morgan fingerprint density at radius 3 is 2.29 bits per heavy atom. The van der Waals surface area contributed by atoms with Gasteiger partial charge < -0.3 is 5.73 Å². The summed E-state index contributed by atoms with van der Waals surface area (Å²) in [7, 11) is 0. The van der Waals surface area contributed by atoms with Crippen molar-refractivity contribution in [2.24, 2.45) is 10.2 Å². The maximum absolute atomic E-state index is 5.95. The fraction of sp³-hybridized carbons (Fsp3) is 0. The van der Waals surface area contributed by atoms with E-state index in [2.05, 4.69) is 15.2 Å². The average molecular weight is 308 g/mol. The van der Waals surface area contributed by atoms with Gasteiger partial charge in [-0.2, -0.15) is 0 Å². The van der Waals surface area contributed by atoms with Crippen molar-refractivity contribution in [2.75, 3.05) is 5.73 Å². The first-order valence-corrected chi connectivity index (χ1v) is 6.29. The van der Waals surface area contributed by atoms with Gasteiger partial charge in [-0.25, -0.2) is 4.98 Å². The summed E-state index contributed by atoms with van der Waals surface area (Å²) >= 11 is 18.9. The molecule has 4 nitrogen and oxygen atoms in total. The Morgan fingerprint density at radius 1 is 1.12 bits per heavy atom. The first-order chi connectivity index (χ1) is 8.06. The number of rotatable bonds is 2. The average Bonchev–Trinajstić information content (AvgIpc) is 2.62. The number of hydrogen-bond acceptors (Lipinski definition) is 5. The Balaban J connectivity index is 2.33. The van der Waals surface area contributed by atoms with Gasteiger partial charge in [0.15, 0.2) is 10.1 Å². The number of benzene rings is 1. The minimum atomic E-state index is 0.337. The van der Waals surface area contributed by atoms with Gasteiger partial charge in [0.2, 0.25) is 0 Å². The number of thiazole rings is 1. The van der Waals surface area contributed by atoms with Gasteiger partial charge in [-0.3, -0.25) is 0 Å². The van der Waals surface area contributed by atoms with Crippen molar-refractivity contribution >= 4 is 62.0 Å². The van der Waals surface area contributed by atoms with Crippen molar-refractivity contribution in [3.8, 4) is 0 Å². The smallest absolute Gasteiger partial charge is 0.182 e. The van der Waals surface area contributed by atoms with Crippen LogP contribution in [0, 0.1) is 0 Å². The Morgan fingerprint density at radius 2 is 1.76 bits per heavy atom. The topological polar surface area (TPSA) is 63.6 Å². The van der Waals surface area contributed by atoms with Gasteiger partial charge in [0.1, 0.15) is 5.69 Å². The quantitative estimate of drug-likeness (QED) is 0.784. The van der Waals surface area contributed by atoms with E-state index < -0.39 is 0 Å². The molecule has 0 radical (unpaired) electrons. The molecular formula is C9H5Cl3N4S. The van der Waals surface area contributed by atoms with Crippen LogP contribution in [0.3, 0.4) is 0 Å². The van der Waals surface area contributed by atoms with Crippen LogP contribution in [0.1, 0.15) is 0 Å². The van der Waals surface area contributed by atoms with Crippen molar-refractivity contribution in [2.45, 2.75) is 0 Å². The number of nitrogens with zero attached hydrogens (tertiary/aromatic N) is 3. The zero-order valence-corrected chi connectivity index (χ0v) is 11.3. The molecule has 0 aliphatic rings. The zero-order valence-electron chi connectivity index (χ0n) is 8.19. The molecule has 17 heavy (non-hydrogen) atoms. The summed E-state index contributed by atoms with van der Waals surface area (Å²) in [5, 5.41) is 10.0. The van der Waals surface area contributed by atoms with Crippen molar-refractivity contribution < 1.29 is 0 Å². The van der Waals surface area contributed by atoms with Gasteiger partial charge in [-0.1, -0.05) is 46.1 Å². The number of azo groups is 1. The van der Waals surface area contributed by atoms with Crippen LogP contribution >= 0.6 is 46.1 Å². The highest BCUT2D eigenvalue weighted by atomic mass is 35.5. The van der Waals surface area contributed by atoms with Crippen LogP contribution in [0.5, 0.6) is 0 Å². The van der Waals surface area contributed by atoms with E-state index in [9.17, 15) is 0 Å². The Labute approximate surface area is 116 Å². The molecule has 2 aromatic rings. The fourth-order valence-electron chi connectivity index (χ4n) is 1.05. The molecule has 0 atom stereocenters. The molecule has 0 fully saturated rings. The minimum absolute atomic E-state index is 0.337. The highest BCUT2D eigenvalue weighted by Gasteiger charge is 2.07. The van der Waals surface area contributed by atoms with Crippen LogP contribution in [0.4, 0.5) is 15.8 Å². The van der Waals surface area contributed by atoms with E-state index in [4.69, 9.17) is 40.5 Å². The summed E-state index contributed by atoms with van der Waals surface area (Å²) in [6.45, 7) is 0. The van der Waals surface area contributed by atoms with Gasteiger partial charge in [-0.05, 0) is 12.1 Å². The van der Waals surface area contributed by atoms with Crippen LogP contribution < -0.4 is 5.73 Å². The Bertz CT molecular complexity index is 558. The molecule has 2 N–H and O–H groups in total. The second-order valence-corrected chi connectivity index (χ2v) is 5.25. The molecule has 2 rings (SSSR count). The number of nitrogens with two attached hydrogens (primary N) is 1. The lowest BCUT2D eigenvalue weighted by atomic mass is 10.3. The second kappa shape index (κ2) is 5.18. The monoisotopic (exact) mass is 306 g/mol. The lowest BCUT2D eigenvalue weighted by molar-refractivity contribution is 1.24. The van der Waals surface area contributed by atoms with Crippen molar-refractivity contribution in [1.82, 2.24) is 4.98 Å². The largest absolute Gasteiger partial charge is 0.375 e. The molecule has 0 saturated carbocycles. The summed E-state index contributed by atoms with van der Waals surface area (Å²) in [5.74, 6) is 0. The van der Waals surface area contributed by atoms with Gasteiger partial charge >= 0.3 is 0 Å². The third-order valence-corrected chi connectivity index (χ3v) is 3.25. The highest BCUT2D eigenvalue weighted by Crippen LogP contribution is 2.37. The summed E-state index contributed by atoms with van der Waals surface area (Å²) in [5.41, 5.74) is 5.83. The first kappa shape index (κ1) is 12.6. The SMILES string of the molecule is Nc1ncc(N=Nc2c(Cl)cc(Cl)cc2Cl)s1. The van der Waals surface area contributed by atoms with E-state index in [0.29, 0.717) is 30.9 Å². The minimum Gasteiger partial charge on any atom is -0.375 e. The standard InChI is InChI=1S/C9H5Cl3N4S/c10-4-1-5(11)8(6(12)2-4)16-15-7-3-14-9(13)17-7/h1-3H,(H2,13,14). The third kappa shape index (κ3) is 3.07. The molecule has 0 aliphatic carbocycles. The zero-order chi connectivity index (χ0) is 12.4. The molecule has 0 spiro atoms. The van der Waals surface area contributed by atoms with Crippen molar-refractivity contribution in [3.63, 3.8) is 0 Å². The third-order valence-electron chi connectivity index (χ3n) is 1.74. The molecule has 1 heterocycles. The molecule has 0 amide bonds. The van der Waals surface area contributed by atoms with E-state index in [0.717, 1.165) is 0 Å². The van der Waals surface area contributed by atoms with Crippen LogP contribution in [0.25, 0.3) is 0 Å². The summed E-state index contributed by atoms with van der Waals surface area (Å²) in [4.78, 5) is 3.84. The molecule has 1 aromatic heterocycles. The maximum atomic E-state index is 5.95.